The zero-order valence-electron chi connectivity index (χ0n) is 10.8. The number of nitrogens with one attached hydrogen (secondary N) is 2. The lowest BCUT2D eigenvalue weighted by Gasteiger charge is -2.26. The van der Waals surface area contributed by atoms with Crippen LogP contribution in [-0.4, -0.2) is 48.9 Å². The summed E-state index contributed by atoms with van der Waals surface area (Å²) < 4.78 is 0. The van der Waals surface area contributed by atoms with Crippen molar-refractivity contribution in [2.24, 2.45) is 0 Å². The zero-order chi connectivity index (χ0) is 12.7. The molecule has 0 radical (unpaired) electrons. The van der Waals surface area contributed by atoms with Crippen molar-refractivity contribution in [2.45, 2.75) is 39.2 Å². The number of carbonyl (C=O) groups is 2. The quantitative estimate of drug-likeness (QED) is 0.718. The molecule has 1 fully saturated rings. The Morgan fingerprint density at radius 3 is 2.35 bits per heavy atom. The number of rotatable bonds is 5. The molecule has 0 saturated carbocycles. The molecule has 0 atom stereocenters. The predicted molar refractivity (Wildman–Crippen MR) is 66.6 cm³/mol. The van der Waals surface area contributed by atoms with Crippen LogP contribution in [0.1, 0.15) is 33.1 Å². The van der Waals surface area contributed by atoms with E-state index in [0.717, 1.165) is 25.9 Å². The van der Waals surface area contributed by atoms with Gasteiger partial charge in [0, 0.05) is 19.1 Å². The summed E-state index contributed by atoms with van der Waals surface area (Å²) in [7, 11) is 0. The molecule has 1 heterocycles. The van der Waals surface area contributed by atoms with E-state index in [9.17, 15) is 9.59 Å². The van der Waals surface area contributed by atoms with Crippen molar-refractivity contribution >= 4 is 11.8 Å². The van der Waals surface area contributed by atoms with Gasteiger partial charge in [0.15, 0.2) is 0 Å². The summed E-state index contributed by atoms with van der Waals surface area (Å²) in [4.78, 5) is 25.0. The maximum atomic E-state index is 11.7. The number of nitrogens with zero attached hydrogens (tertiary/aromatic N) is 1. The molecule has 5 nitrogen and oxygen atoms in total. The van der Waals surface area contributed by atoms with E-state index in [1.165, 1.54) is 6.42 Å². The van der Waals surface area contributed by atoms with Gasteiger partial charge < -0.3 is 15.5 Å². The Bertz CT molecular complexity index is 260. The molecule has 0 unspecified atom stereocenters. The fourth-order valence-electron chi connectivity index (χ4n) is 1.79. The lowest BCUT2D eigenvalue weighted by Crippen LogP contribution is -2.45. The lowest BCUT2D eigenvalue weighted by atomic mass is 10.1. The van der Waals surface area contributed by atoms with E-state index in [-0.39, 0.29) is 30.9 Å². The van der Waals surface area contributed by atoms with Crippen molar-refractivity contribution in [2.75, 3.05) is 26.2 Å². The molecular formula is C12H23N3O2. The molecule has 1 saturated heterocycles. The SMILES string of the molecule is CC(C)NCC(=O)NCC(=O)N1CCCCC1. The van der Waals surface area contributed by atoms with Crippen LogP contribution < -0.4 is 10.6 Å². The molecule has 2 N–H and O–H groups in total. The van der Waals surface area contributed by atoms with E-state index < -0.39 is 0 Å². The average molecular weight is 241 g/mol. The van der Waals surface area contributed by atoms with Gasteiger partial charge in [0.05, 0.1) is 13.1 Å². The molecule has 0 aromatic carbocycles. The van der Waals surface area contributed by atoms with Gasteiger partial charge in [-0.15, -0.1) is 0 Å². The van der Waals surface area contributed by atoms with Crippen molar-refractivity contribution in [1.82, 2.24) is 15.5 Å². The molecule has 5 heteroatoms. The van der Waals surface area contributed by atoms with Crippen LogP contribution in [-0.2, 0) is 9.59 Å². The fraction of sp³-hybridized carbons (Fsp3) is 0.833. The third-order valence-electron chi connectivity index (χ3n) is 2.82. The number of amides is 2. The first-order valence-electron chi connectivity index (χ1n) is 6.37. The van der Waals surface area contributed by atoms with Crippen molar-refractivity contribution in [1.29, 1.82) is 0 Å². The number of hydrogen-bond acceptors (Lipinski definition) is 3. The van der Waals surface area contributed by atoms with Crippen LogP contribution in [0.5, 0.6) is 0 Å². The molecule has 1 aliphatic heterocycles. The maximum Gasteiger partial charge on any atom is 0.241 e. The van der Waals surface area contributed by atoms with Crippen molar-refractivity contribution in [3.05, 3.63) is 0 Å². The number of piperidine rings is 1. The van der Waals surface area contributed by atoms with Crippen LogP contribution in [0.3, 0.4) is 0 Å². The number of carbonyl (C=O) groups excluding carboxylic acids is 2. The summed E-state index contributed by atoms with van der Waals surface area (Å²) in [6.45, 7) is 6.01. The molecule has 0 aromatic heterocycles. The van der Waals surface area contributed by atoms with E-state index in [4.69, 9.17) is 0 Å². The van der Waals surface area contributed by atoms with Crippen LogP contribution >= 0.6 is 0 Å². The molecule has 0 spiro atoms. The molecule has 0 aliphatic carbocycles. The number of hydrogen-bond donors (Lipinski definition) is 2. The molecule has 1 aliphatic rings. The molecule has 0 aromatic rings. The highest BCUT2D eigenvalue weighted by atomic mass is 16.2. The second kappa shape index (κ2) is 7.27. The minimum absolute atomic E-state index is 0.0302. The fourth-order valence-corrected chi connectivity index (χ4v) is 1.79. The summed E-state index contributed by atoms with van der Waals surface area (Å²) in [6, 6.07) is 0.276. The molecule has 2 amide bonds. The largest absolute Gasteiger partial charge is 0.346 e. The molecule has 98 valence electrons. The first-order chi connectivity index (χ1) is 8.09. The highest BCUT2D eigenvalue weighted by Gasteiger charge is 2.16. The molecule has 17 heavy (non-hydrogen) atoms. The van der Waals surface area contributed by atoms with Gasteiger partial charge in [0.1, 0.15) is 0 Å². The Morgan fingerprint density at radius 1 is 1.12 bits per heavy atom. The first-order valence-corrected chi connectivity index (χ1v) is 6.37. The Balaban J connectivity index is 2.16. The molecule has 1 rings (SSSR count). The highest BCUT2D eigenvalue weighted by Crippen LogP contribution is 2.07. The van der Waals surface area contributed by atoms with E-state index in [1.54, 1.807) is 0 Å². The van der Waals surface area contributed by atoms with Crippen molar-refractivity contribution in [3.8, 4) is 0 Å². The lowest BCUT2D eigenvalue weighted by molar-refractivity contribution is -0.133. The summed E-state index contributed by atoms with van der Waals surface area (Å²) in [6.07, 6.45) is 3.36. The van der Waals surface area contributed by atoms with Crippen LogP contribution in [0, 0.1) is 0 Å². The first kappa shape index (κ1) is 14.0. The van der Waals surface area contributed by atoms with E-state index >= 15 is 0 Å². The van der Waals surface area contributed by atoms with Gasteiger partial charge >= 0.3 is 0 Å². The monoisotopic (exact) mass is 241 g/mol. The van der Waals surface area contributed by atoms with Gasteiger partial charge in [0.2, 0.25) is 11.8 Å². The van der Waals surface area contributed by atoms with Gasteiger partial charge in [-0.3, -0.25) is 9.59 Å². The Hall–Kier alpha value is -1.10. The van der Waals surface area contributed by atoms with Crippen LogP contribution in [0.15, 0.2) is 0 Å². The van der Waals surface area contributed by atoms with E-state index in [2.05, 4.69) is 10.6 Å². The Labute approximate surface area is 103 Å². The Morgan fingerprint density at radius 2 is 1.76 bits per heavy atom. The van der Waals surface area contributed by atoms with Crippen molar-refractivity contribution < 1.29 is 9.59 Å². The molecule has 0 bridgehead atoms. The molecular weight excluding hydrogens is 218 g/mol. The Kier molecular flexibility index (Phi) is 5.97. The van der Waals surface area contributed by atoms with Gasteiger partial charge in [-0.2, -0.15) is 0 Å². The third kappa shape index (κ3) is 5.68. The number of likely N-dealkylation sites (tertiary alicyclic amines) is 1. The summed E-state index contributed by atoms with van der Waals surface area (Å²) in [5.74, 6) is -0.0911. The standard InChI is InChI=1S/C12H23N3O2/c1-10(2)13-8-11(16)14-9-12(17)15-6-4-3-5-7-15/h10,13H,3-9H2,1-2H3,(H,14,16). The van der Waals surface area contributed by atoms with Crippen LogP contribution in [0.25, 0.3) is 0 Å². The normalized spacial score (nSPS) is 16.1. The van der Waals surface area contributed by atoms with Crippen LogP contribution in [0.2, 0.25) is 0 Å². The predicted octanol–water partition coefficient (Wildman–Crippen LogP) is 0.113. The average Bonchev–Trinajstić information content (AvgIpc) is 2.34. The smallest absolute Gasteiger partial charge is 0.241 e. The van der Waals surface area contributed by atoms with Crippen molar-refractivity contribution in [3.63, 3.8) is 0 Å². The topological polar surface area (TPSA) is 61.4 Å². The third-order valence-corrected chi connectivity index (χ3v) is 2.82. The van der Waals surface area contributed by atoms with Crippen LogP contribution in [0.4, 0.5) is 0 Å². The summed E-state index contributed by atoms with van der Waals surface area (Å²) in [5, 5.41) is 5.65. The minimum atomic E-state index is -0.121. The van der Waals surface area contributed by atoms with Gasteiger partial charge in [-0.25, -0.2) is 0 Å². The zero-order valence-corrected chi connectivity index (χ0v) is 10.8. The summed E-state index contributed by atoms with van der Waals surface area (Å²) >= 11 is 0. The second-order valence-corrected chi connectivity index (χ2v) is 4.75. The van der Waals surface area contributed by atoms with Gasteiger partial charge in [-0.1, -0.05) is 13.8 Å². The van der Waals surface area contributed by atoms with Gasteiger partial charge in [0.25, 0.3) is 0 Å². The second-order valence-electron chi connectivity index (χ2n) is 4.75. The van der Waals surface area contributed by atoms with E-state index in [1.807, 2.05) is 18.7 Å². The van der Waals surface area contributed by atoms with E-state index in [0.29, 0.717) is 0 Å². The van der Waals surface area contributed by atoms with Gasteiger partial charge in [-0.05, 0) is 19.3 Å². The highest BCUT2D eigenvalue weighted by molar-refractivity contribution is 5.85. The minimum Gasteiger partial charge on any atom is -0.346 e. The summed E-state index contributed by atoms with van der Waals surface area (Å²) in [5.41, 5.74) is 0. The maximum absolute atomic E-state index is 11.7.